The quantitative estimate of drug-likeness (QED) is 0.790. The lowest BCUT2D eigenvalue weighted by Gasteiger charge is -2.38. The lowest BCUT2D eigenvalue weighted by Crippen LogP contribution is -2.58. The van der Waals surface area contributed by atoms with Gasteiger partial charge in [-0.2, -0.15) is 5.10 Å². The molecule has 2 aliphatic rings. The number of carbonyl (C=O) groups is 2. The van der Waals surface area contributed by atoms with Crippen LogP contribution in [0.5, 0.6) is 0 Å². The number of allylic oxidation sites excluding steroid dienone is 2. The minimum Gasteiger partial charge on any atom is -0.351 e. The summed E-state index contributed by atoms with van der Waals surface area (Å²) < 4.78 is 1.76. The molecule has 1 aliphatic heterocycles. The second kappa shape index (κ2) is 7.80. The predicted octanol–water partition coefficient (Wildman–Crippen LogP) is 1.40. The molecular formula is C18H27N5O2. The van der Waals surface area contributed by atoms with Crippen LogP contribution in [-0.4, -0.2) is 38.7 Å². The highest BCUT2D eigenvalue weighted by molar-refractivity contribution is 5.79. The van der Waals surface area contributed by atoms with Gasteiger partial charge >= 0.3 is 0 Å². The van der Waals surface area contributed by atoms with Crippen molar-refractivity contribution in [1.82, 2.24) is 25.4 Å². The van der Waals surface area contributed by atoms with Crippen molar-refractivity contribution in [2.45, 2.75) is 71.0 Å². The minimum absolute atomic E-state index is 0.00468. The Labute approximate surface area is 148 Å². The van der Waals surface area contributed by atoms with Crippen molar-refractivity contribution in [1.29, 1.82) is 0 Å². The molecule has 136 valence electrons. The topological polar surface area (TPSA) is 88.9 Å². The van der Waals surface area contributed by atoms with E-state index >= 15 is 0 Å². The van der Waals surface area contributed by atoms with E-state index in [2.05, 4.69) is 32.9 Å². The number of nitrogens with zero attached hydrogens (tertiary/aromatic N) is 3. The Morgan fingerprint density at radius 3 is 2.88 bits per heavy atom. The summed E-state index contributed by atoms with van der Waals surface area (Å²) in [6.07, 6.45) is 9.00. The number of rotatable bonds is 5. The van der Waals surface area contributed by atoms with Gasteiger partial charge in [-0.15, -0.1) is 0 Å². The van der Waals surface area contributed by atoms with Crippen molar-refractivity contribution in [3.8, 4) is 0 Å². The van der Waals surface area contributed by atoms with Gasteiger partial charge in [-0.3, -0.25) is 9.59 Å². The van der Waals surface area contributed by atoms with Gasteiger partial charge in [-0.1, -0.05) is 12.2 Å². The van der Waals surface area contributed by atoms with Gasteiger partial charge in [0.2, 0.25) is 11.8 Å². The average molecular weight is 345 g/mol. The third-order valence-corrected chi connectivity index (χ3v) is 5.12. The van der Waals surface area contributed by atoms with Crippen LogP contribution in [0.15, 0.2) is 12.2 Å². The highest BCUT2D eigenvalue weighted by Crippen LogP contribution is 2.27. The molecule has 0 aromatic carbocycles. The standard InChI is InChI=1S/C18H27N5O2/c1-12-19-13(2)23(22-12)11-10-17(25)20-15-8-9-16(24)21-18(15)14-6-4-3-5-7-14/h3-4,14-15,18H,5-11H2,1-2H3,(H,20,25)(H,21,24)/t14?,15-,18+/m1/s1. The third kappa shape index (κ3) is 4.46. The summed E-state index contributed by atoms with van der Waals surface area (Å²) in [5, 5.41) is 10.5. The zero-order chi connectivity index (χ0) is 17.8. The maximum absolute atomic E-state index is 12.4. The molecular weight excluding hydrogens is 318 g/mol. The highest BCUT2D eigenvalue weighted by Gasteiger charge is 2.35. The maximum Gasteiger partial charge on any atom is 0.222 e. The number of aryl methyl sites for hydroxylation is 3. The van der Waals surface area contributed by atoms with E-state index in [0.717, 1.165) is 30.9 Å². The molecule has 1 aliphatic carbocycles. The van der Waals surface area contributed by atoms with Crippen LogP contribution in [0.25, 0.3) is 0 Å². The number of hydrogen-bond donors (Lipinski definition) is 2. The van der Waals surface area contributed by atoms with Gasteiger partial charge in [0.25, 0.3) is 0 Å². The van der Waals surface area contributed by atoms with Gasteiger partial charge in [0.1, 0.15) is 11.6 Å². The Hall–Kier alpha value is -2.18. The van der Waals surface area contributed by atoms with Crippen molar-refractivity contribution in [3.63, 3.8) is 0 Å². The first-order chi connectivity index (χ1) is 12.0. The Balaban J connectivity index is 1.57. The summed E-state index contributed by atoms with van der Waals surface area (Å²) in [5.74, 6) is 2.05. The van der Waals surface area contributed by atoms with E-state index in [-0.39, 0.29) is 23.9 Å². The fourth-order valence-electron chi connectivity index (χ4n) is 3.84. The molecule has 1 fully saturated rings. The molecule has 1 unspecified atom stereocenters. The van der Waals surface area contributed by atoms with Crippen LogP contribution in [0.1, 0.15) is 50.2 Å². The van der Waals surface area contributed by atoms with Gasteiger partial charge in [0.05, 0.1) is 12.6 Å². The molecule has 2 amide bonds. The second-order valence-corrected chi connectivity index (χ2v) is 7.03. The zero-order valence-electron chi connectivity index (χ0n) is 15.0. The van der Waals surface area contributed by atoms with E-state index < -0.39 is 0 Å². The Kier molecular flexibility index (Phi) is 5.50. The van der Waals surface area contributed by atoms with Crippen LogP contribution in [0.4, 0.5) is 0 Å². The van der Waals surface area contributed by atoms with Crippen LogP contribution in [0.3, 0.4) is 0 Å². The Bertz CT molecular complexity index is 666. The summed E-state index contributed by atoms with van der Waals surface area (Å²) in [7, 11) is 0. The average Bonchev–Trinajstić information content (AvgIpc) is 2.93. The normalized spacial score (nSPS) is 26.3. The summed E-state index contributed by atoms with van der Waals surface area (Å²) in [6, 6.07) is 0.0470. The van der Waals surface area contributed by atoms with E-state index in [1.54, 1.807) is 4.68 Å². The number of hydrogen-bond acceptors (Lipinski definition) is 4. The van der Waals surface area contributed by atoms with Crippen LogP contribution in [0.2, 0.25) is 0 Å². The van der Waals surface area contributed by atoms with E-state index in [4.69, 9.17) is 0 Å². The van der Waals surface area contributed by atoms with Crippen LogP contribution < -0.4 is 10.6 Å². The molecule has 25 heavy (non-hydrogen) atoms. The molecule has 7 heteroatoms. The van der Waals surface area contributed by atoms with E-state index in [0.29, 0.717) is 31.7 Å². The molecule has 0 saturated carbocycles. The summed E-state index contributed by atoms with van der Waals surface area (Å²) in [6.45, 7) is 4.26. The van der Waals surface area contributed by atoms with Gasteiger partial charge in [0, 0.05) is 18.9 Å². The van der Waals surface area contributed by atoms with Crippen molar-refractivity contribution in [2.24, 2.45) is 5.92 Å². The first-order valence-electron chi connectivity index (χ1n) is 9.14. The van der Waals surface area contributed by atoms with Crippen LogP contribution in [-0.2, 0) is 16.1 Å². The van der Waals surface area contributed by atoms with Crippen molar-refractivity contribution in [3.05, 3.63) is 23.8 Å². The zero-order valence-corrected chi connectivity index (χ0v) is 15.0. The van der Waals surface area contributed by atoms with Gasteiger partial charge in [-0.25, -0.2) is 9.67 Å². The Morgan fingerprint density at radius 2 is 2.20 bits per heavy atom. The first-order valence-corrected chi connectivity index (χ1v) is 9.14. The lowest BCUT2D eigenvalue weighted by atomic mass is 9.81. The lowest BCUT2D eigenvalue weighted by molar-refractivity contribution is -0.127. The second-order valence-electron chi connectivity index (χ2n) is 7.03. The third-order valence-electron chi connectivity index (χ3n) is 5.12. The summed E-state index contributed by atoms with van der Waals surface area (Å²) >= 11 is 0. The molecule has 0 radical (unpaired) electrons. The predicted molar refractivity (Wildman–Crippen MR) is 93.7 cm³/mol. The molecule has 2 N–H and O–H groups in total. The maximum atomic E-state index is 12.4. The van der Waals surface area contributed by atoms with Crippen LogP contribution >= 0.6 is 0 Å². The highest BCUT2D eigenvalue weighted by atomic mass is 16.2. The molecule has 3 rings (SSSR count). The van der Waals surface area contributed by atoms with E-state index in [1.807, 2.05) is 13.8 Å². The van der Waals surface area contributed by atoms with Crippen molar-refractivity contribution < 1.29 is 9.59 Å². The van der Waals surface area contributed by atoms with E-state index in [1.165, 1.54) is 0 Å². The van der Waals surface area contributed by atoms with Crippen molar-refractivity contribution >= 4 is 11.8 Å². The fourth-order valence-corrected chi connectivity index (χ4v) is 3.84. The largest absolute Gasteiger partial charge is 0.351 e. The Morgan fingerprint density at radius 1 is 1.36 bits per heavy atom. The molecule has 1 aromatic heterocycles. The van der Waals surface area contributed by atoms with Gasteiger partial charge in [-0.05, 0) is 45.4 Å². The molecule has 0 bridgehead atoms. The fraction of sp³-hybridized carbons (Fsp3) is 0.667. The SMILES string of the molecule is Cc1nc(C)n(CCC(=O)N[C@@H]2CCC(=O)N[C@H]2C2CC=CCC2)n1. The molecule has 1 aromatic rings. The number of piperidine rings is 1. The molecule has 1 saturated heterocycles. The van der Waals surface area contributed by atoms with E-state index in [9.17, 15) is 9.59 Å². The smallest absolute Gasteiger partial charge is 0.222 e. The number of nitrogens with one attached hydrogen (secondary N) is 2. The molecule has 0 spiro atoms. The van der Waals surface area contributed by atoms with Crippen molar-refractivity contribution in [2.75, 3.05) is 0 Å². The van der Waals surface area contributed by atoms with Gasteiger partial charge < -0.3 is 10.6 Å². The number of aromatic nitrogens is 3. The van der Waals surface area contributed by atoms with Crippen LogP contribution in [0, 0.1) is 19.8 Å². The molecule has 3 atom stereocenters. The monoisotopic (exact) mass is 345 g/mol. The number of carbonyl (C=O) groups excluding carboxylic acids is 2. The van der Waals surface area contributed by atoms with Gasteiger partial charge in [0.15, 0.2) is 0 Å². The molecule has 2 heterocycles. The minimum atomic E-state index is 0.00468. The summed E-state index contributed by atoms with van der Waals surface area (Å²) in [5.41, 5.74) is 0. The molecule has 7 nitrogen and oxygen atoms in total. The summed E-state index contributed by atoms with van der Waals surface area (Å²) in [4.78, 5) is 28.5. The first kappa shape index (κ1) is 17.6. The number of amides is 2.